The van der Waals surface area contributed by atoms with E-state index in [2.05, 4.69) is 10.0 Å². The molecule has 1 aromatic heterocycles. The van der Waals surface area contributed by atoms with E-state index in [9.17, 15) is 10.3 Å². The molecule has 0 spiro atoms. The Kier molecular flexibility index (Phi) is 4.71. The van der Waals surface area contributed by atoms with E-state index in [0.29, 0.717) is 10.9 Å². The van der Waals surface area contributed by atoms with Crippen LogP contribution in [0.15, 0.2) is 94.8 Å². The van der Waals surface area contributed by atoms with Crippen LogP contribution in [0.3, 0.4) is 0 Å². The largest absolute Gasteiger partial charge is 0.289 e. The standard InChI is InChI=1S/C22H15N3OS/c23-25-24-20(15-9-3-1-4-10-15)19-21(26)17-13-7-8-14-18(17)27-22(19)16-11-5-2-6-12-16/h1-14,20H. The molecule has 1 atom stereocenters. The summed E-state index contributed by atoms with van der Waals surface area (Å²) < 4.78 is 0.915. The Bertz CT molecular complexity index is 1200. The van der Waals surface area contributed by atoms with Crippen molar-refractivity contribution in [3.05, 3.63) is 117 Å². The van der Waals surface area contributed by atoms with Crippen LogP contribution in [-0.2, 0) is 0 Å². The summed E-state index contributed by atoms with van der Waals surface area (Å²) in [6.45, 7) is 0. The summed E-state index contributed by atoms with van der Waals surface area (Å²) in [6.07, 6.45) is 0. The van der Waals surface area contributed by atoms with Crippen LogP contribution in [0.1, 0.15) is 17.2 Å². The molecule has 27 heavy (non-hydrogen) atoms. The number of fused-ring (bicyclic) bond motifs is 1. The van der Waals surface area contributed by atoms with Gasteiger partial charge in [-0.3, -0.25) is 4.79 Å². The van der Waals surface area contributed by atoms with Gasteiger partial charge < -0.3 is 0 Å². The normalized spacial score (nSPS) is 11.7. The third-order valence-electron chi connectivity index (χ3n) is 4.42. The molecular weight excluding hydrogens is 354 g/mol. The van der Waals surface area contributed by atoms with Crippen molar-refractivity contribution >= 4 is 21.4 Å². The molecular formula is C22H15N3OS. The van der Waals surface area contributed by atoms with Crippen molar-refractivity contribution in [2.75, 3.05) is 0 Å². The first-order valence-corrected chi connectivity index (χ1v) is 9.31. The molecule has 1 unspecified atom stereocenters. The summed E-state index contributed by atoms with van der Waals surface area (Å²) in [7, 11) is 0. The zero-order chi connectivity index (χ0) is 18.6. The van der Waals surface area contributed by atoms with E-state index in [1.54, 1.807) is 11.3 Å². The smallest absolute Gasteiger partial charge is 0.192 e. The lowest BCUT2D eigenvalue weighted by molar-refractivity contribution is 0.858. The number of hydrogen-bond acceptors (Lipinski definition) is 3. The SMILES string of the molecule is [N-]=[N+]=NC(c1ccccc1)c1c(-c2ccccc2)sc2ccccc2c1=O. The summed E-state index contributed by atoms with van der Waals surface area (Å²) in [5.41, 5.74) is 11.4. The Morgan fingerprint density at radius 3 is 2.19 bits per heavy atom. The average molecular weight is 369 g/mol. The third kappa shape index (κ3) is 3.22. The van der Waals surface area contributed by atoms with E-state index < -0.39 is 6.04 Å². The van der Waals surface area contributed by atoms with E-state index in [-0.39, 0.29) is 5.43 Å². The quantitative estimate of drug-likeness (QED) is 0.235. The number of benzene rings is 3. The zero-order valence-corrected chi connectivity index (χ0v) is 15.1. The molecule has 3 aromatic carbocycles. The van der Waals surface area contributed by atoms with Crippen molar-refractivity contribution in [3.8, 4) is 10.4 Å². The van der Waals surface area contributed by atoms with Gasteiger partial charge in [0, 0.05) is 25.4 Å². The van der Waals surface area contributed by atoms with Crippen LogP contribution in [0.25, 0.3) is 31.0 Å². The van der Waals surface area contributed by atoms with Gasteiger partial charge in [0.05, 0.1) is 6.04 Å². The molecule has 0 aliphatic heterocycles. The maximum atomic E-state index is 13.4. The van der Waals surface area contributed by atoms with Crippen LogP contribution in [0, 0.1) is 0 Å². The highest BCUT2D eigenvalue weighted by molar-refractivity contribution is 7.21. The fourth-order valence-corrected chi connectivity index (χ4v) is 4.39. The summed E-state index contributed by atoms with van der Waals surface area (Å²) in [6, 6.07) is 26.1. The Morgan fingerprint density at radius 2 is 1.48 bits per heavy atom. The molecule has 0 N–H and O–H groups in total. The van der Waals surface area contributed by atoms with E-state index in [4.69, 9.17) is 0 Å². The molecule has 0 saturated carbocycles. The van der Waals surface area contributed by atoms with Gasteiger partial charge in [0.2, 0.25) is 0 Å². The van der Waals surface area contributed by atoms with E-state index >= 15 is 0 Å². The summed E-state index contributed by atoms with van der Waals surface area (Å²) >= 11 is 1.55. The van der Waals surface area contributed by atoms with Gasteiger partial charge in [-0.05, 0) is 28.8 Å². The number of hydrogen-bond donors (Lipinski definition) is 0. The predicted molar refractivity (Wildman–Crippen MR) is 111 cm³/mol. The first kappa shape index (κ1) is 17.0. The van der Waals surface area contributed by atoms with E-state index in [1.807, 2.05) is 84.9 Å². The molecule has 1 heterocycles. The minimum Gasteiger partial charge on any atom is -0.289 e. The van der Waals surface area contributed by atoms with Crippen molar-refractivity contribution < 1.29 is 0 Å². The molecule has 4 nitrogen and oxygen atoms in total. The number of nitrogens with zero attached hydrogens (tertiary/aromatic N) is 3. The minimum absolute atomic E-state index is 0.0931. The van der Waals surface area contributed by atoms with Crippen LogP contribution in [0.4, 0.5) is 0 Å². The molecule has 0 radical (unpaired) electrons. The van der Waals surface area contributed by atoms with Gasteiger partial charge in [-0.25, -0.2) is 0 Å². The molecule has 4 aromatic rings. The van der Waals surface area contributed by atoms with Gasteiger partial charge in [-0.1, -0.05) is 77.9 Å². The highest BCUT2D eigenvalue weighted by Crippen LogP contribution is 2.37. The maximum Gasteiger partial charge on any atom is 0.192 e. The molecule has 5 heteroatoms. The molecule has 0 fully saturated rings. The van der Waals surface area contributed by atoms with Gasteiger partial charge in [0.15, 0.2) is 5.43 Å². The first-order valence-electron chi connectivity index (χ1n) is 8.50. The molecule has 0 saturated heterocycles. The Labute approximate surface area is 160 Å². The summed E-state index contributed by atoms with van der Waals surface area (Å²) in [5.74, 6) is 0. The summed E-state index contributed by atoms with van der Waals surface area (Å²) in [5, 5.41) is 4.65. The van der Waals surface area contributed by atoms with E-state index in [1.165, 1.54) is 0 Å². The van der Waals surface area contributed by atoms with Gasteiger partial charge in [-0.15, -0.1) is 11.3 Å². The molecule has 0 bridgehead atoms. The molecule has 130 valence electrons. The van der Waals surface area contributed by atoms with Crippen LogP contribution >= 0.6 is 11.3 Å². The second-order valence-electron chi connectivity index (χ2n) is 6.05. The number of azide groups is 1. The van der Waals surface area contributed by atoms with Crippen molar-refractivity contribution in [1.82, 2.24) is 0 Å². The van der Waals surface area contributed by atoms with Crippen LogP contribution in [-0.4, -0.2) is 0 Å². The molecule has 0 amide bonds. The van der Waals surface area contributed by atoms with Crippen molar-refractivity contribution in [3.63, 3.8) is 0 Å². The second-order valence-corrected chi connectivity index (χ2v) is 7.11. The lowest BCUT2D eigenvalue weighted by Crippen LogP contribution is -2.14. The Hall–Kier alpha value is -3.40. The lowest BCUT2D eigenvalue weighted by Gasteiger charge is -2.17. The Balaban J connectivity index is 2.10. The van der Waals surface area contributed by atoms with Crippen LogP contribution in [0.5, 0.6) is 0 Å². The fraction of sp³-hybridized carbons (Fsp3) is 0.0455. The summed E-state index contributed by atoms with van der Waals surface area (Å²) in [4.78, 5) is 17.3. The molecule has 0 aliphatic rings. The highest BCUT2D eigenvalue weighted by atomic mass is 32.1. The van der Waals surface area contributed by atoms with Gasteiger partial charge in [0.25, 0.3) is 0 Å². The monoisotopic (exact) mass is 369 g/mol. The molecule has 0 aliphatic carbocycles. The second kappa shape index (κ2) is 7.46. The molecule has 4 rings (SSSR count). The van der Waals surface area contributed by atoms with Gasteiger partial charge in [-0.2, -0.15) is 0 Å². The van der Waals surface area contributed by atoms with Crippen molar-refractivity contribution in [1.29, 1.82) is 0 Å². The zero-order valence-electron chi connectivity index (χ0n) is 14.3. The van der Waals surface area contributed by atoms with Gasteiger partial charge >= 0.3 is 0 Å². The van der Waals surface area contributed by atoms with Gasteiger partial charge in [0.1, 0.15) is 0 Å². The first-order chi connectivity index (χ1) is 13.3. The Morgan fingerprint density at radius 1 is 0.852 bits per heavy atom. The lowest BCUT2D eigenvalue weighted by atomic mass is 9.96. The van der Waals surface area contributed by atoms with E-state index in [0.717, 1.165) is 20.7 Å². The van der Waals surface area contributed by atoms with Crippen molar-refractivity contribution in [2.24, 2.45) is 5.11 Å². The number of rotatable bonds is 4. The van der Waals surface area contributed by atoms with Crippen LogP contribution < -0.4 is 5.43 Å². The third-order valence-corrected chi connectivity index (χ3v) is 5.66. The highest BCUT2D eigenvalue weighted by Gasteiger charge is 2.23. The average Bonchev–Trinajstić information content (AvgIpc) is 2.74. The predicted octanol–water partition coefficient (Wildman–Crippen LogP) is 6.33. The van der Waals surface area contributed by atoms with Crippen molar-refractivity contribution in [2.45, 2.75) is 6.04 Å². The minimum atomic E-state index is -0.681. The maximum absolute atomic E-state index is 13.4. The topological polar surface area (TPSA) is 65.8 Å². The van der Waals surface area contributed by atoms with Crippen LogP contribution in [0.2, 0.25) is 0 Å². The fourth-order valence-electron chi connectivity index (χ4n) is 3.19.